The van der Waals surface area contributed by atoms with Crippen LogP contribution in [0.15, 0.2) is 42.0 Å². The van der Waals surface area contributed by atoms with E-state index < -0.39 is 5.97 Å². The number of carboxylic acid groups (broad SMARTS) is 1. The Morgan fingerprint density at radius 2 is 2.00 bits per heavy atom. The Bertz CT molecular complexity index is 417. The number of phenolic OH excluding ortho intramolecular Hbond substituents is 1. The highest BCUT2D eigenvalue weighted by atomic mass is 16.4. The number of rotatable bonds is 3. The molecular formula is C12H12O3. The molecule has 0 radical (unpaired) electrons. The minimum absolute atomic E-state index is 0.178. The van der Waals surface area contributed by atoms with Crippen molar-refractivity contribution in [1.82, 2.24) is 0 Å². The molecule has 0 atom stereocenters. The van der Waals surface area contributed by atoms with Crippen LogP contribution in [-0.2, 0) is 4.79 Å². The summed E-state index contributed by atoms with van der Waals surface area (Å²) in [6.45, 7) is 1.69. The lowest BCUT2D eigenvalue weighted by Crippen LogP contribution is -1.87. The van der Waals surface area contributed by atoms with Gasteiger partial charge in [0.05, 0.1) is 0 Å². The number of aromatic hydroxyl groups is 1. The van der Waals surface area contributed by atoms with E-state index in [0.717, 1.165) is 6.08 Å². The number of carbonyl (C=O) groups is 1. The molecule has 2 N–H and O–H groups in total. The Morgan fingerprint density at radius 1 is 1.33 bits per heavy atom. The lowest BCUT2D eigenvalue weighted by molar-refractivity contribution is -0.131. The normalized spacial score (nSPS) is 11.9. The van der Waals surface area contributed by atoms with Gasteiger partial charge in [-0.25, -0.2) is 4.79 Å². The summed E-state index contributed by atoms with van der Waals surface area (Å²) in [5, 5.41) is 17.9. The molecule has 0 saturated heterocycles. The molecule has 0 heterocycles. The molecular weight excluding hydrogens is 192 g/mol. The van der Waals surface area contributed by atoms with Crippen molar-refractivity contribution in [3.8, 4) is 5.75 Å². The van der Waals surface area contributed by atoms with Gasteiger partial charge in [0.15, 0.2) is 0 Å². The van der Waals surface area contributed by atoms with Crippen LogP contribution in [-0.4, -0.2) is 16.2 Å². The lowest BCUT2D eigenvalue weighted by Gasteiger charge is -1.96. The van der Waals surface area contributed by atoms with E-state index in [1.807, 2.05) is 0 Å². The first-order chi connectivity index (χ1) is 7.09. The Morgan fingerprint density at radius 3 is 2.60 bits per heavy atom. The van der Waals surface area contributed by atoms with Crippen LogP contribution in [0, 0.1) is 0 Å². The van der Waals surface area contributed by atoms with Gasteiger partial charge < -0.3 is 10.2 Å². The van der Waals surface area contributed by atoms with Crippen molar-refractivity contribution in [3.05, 3.63) is 47.6 Å². The summed E-state index contributed by atoms with van der Waals surface area (Å²) in [5.41, 5.74) is 1.28. The second-order valence-electron chi connectivity index (χ2n) is 3.12. The van der Waals surface area contributed by atoms with Crippen molar-refractivity contribution >= 4 is 12.0 Å². The van der Waals surface area contributed by atoms with Gasteiger partial charge in [0.2, 0.25) is 0 Å². The van der Waals surface area contributed by atoms with Crippen molar-refractivity contribution in [2.24, 2.45) is 0 Å². The second kappa shape index (κ2) is 5.00. The minimum atomic E-state index is -0.977. The van der Waals surface area contributed by atoms with E-state index in [2.05, 4.69) is 0 Å². The molecule has 0 bridgehead atoms. The molecule has 0 aliphatic rings. The first kappa shape index (κ1) is 11.0. The number of hydrogen-bond donors (Lipinski definition) is 2. The van der Waals surface area contributed by atoms with Crippen LogP contribution in [0.3, 0.4) is 0 Å². The molecule has 1 rings (SSSR count). The Kier molecular flexibility index (Phi) is 3.68. The van der Waals surface area contributed by atoms with Crippen LogP contribution >= 0.6 is 0 Å². The molecule has 3 nitrogen and oxygen atoms in total. The Balaban J connectivity index is 2.83. The standard InChI is InChI=1S/C12H12O3/c1-9(8-12(14)15)6-7-10-4-2-3-5-11(10)13/h2-8,13H,1H3,(H,14,15)/b7-6+,9-8-. The number of benzene rings is 1. The molecule has 0 aliphatic heterocycles. The minimum Gasteiger partial charge on any atom is -0.507 e. The van der Waals surface area contributed by atoms with E-state index in [0.29, 0.717) is 11.1 Å². The van der Waals surface area contributed by atoms with Crippen LogP contribution in [0.5, 0.6) is 5.75 Å². The maximum atomic E-state index is 10.3. The third-order valence-corrected chi connectivity index (χ3v) is 1.81. The van der Waals surface area contributed by atoms with Crippen LogP contribution in [0.4, 0.5) is 0 Å². The Labute approximate surface area is 88.0 Å². The highest BCUT2D eigenvalue weighted by Crippen LogP contribution is 2.17. The van der Waals surface area contributed by atoms with Gasteiger partial charge in [-0.05, 0) is 18.6 Å². The van der Waals surface area contributed by atoms with Crippen LogP contribution < -0.4 is 0 Å². The van der Waals surface area contributed by atoms with Crippen molar-refractivity contribution in [2.45, 2.75) is 6.92 Å². The molecule has 0 fully saturated rings. The molecule has 1 aromatic carbocycles. The lowest BCUT2D eigenvalue weighted by atomic mass is 10.1. The summed E-state index contributed by atoms with van der Waals surface area (Å²) in [4.78, 5) is 10.3. The van der Waals surface area contributed by atoms with Gasteiger partial charge in [-0.15, -0.1) is 0 Å². The topological polar surface area (TPSA) is 57.5 Å². The highest BCUT2D eigenvalue weighted by Gasteiger charge is 1.94. The highest BCUT2D eigenvalue weighted by molar-refractivity contribution is 5.81. The van der Waals surface area contributed by atoms with E-state index in [1.165, 1.54) is 0 Å². The third-order valence-electron chi connectivity index (χ3n) is 1.81. The fraction of sp³-hybridized carbons (Fsp3) is 0.0833. The largest absolute Gasteiger partial charge is 0.507 e. The summed E-state index contributed by atoms with van der Waals surface area (Å²) < 4.78 is 0. The predicted molar refractivity (Wildman–Crippen MR) is 58.5 cm³/mol. The summed E-state index contributed by atoms with van der Waals surface area (Å²) >= 11 is 0. The van der Waals surface area contributed by atoms with Gasteiger partial charge in [-0.1, -0.05) is 30.4 Å². The number of hydrogen-bond acceptors (Lipinski definition) is 2. The van der Waals surface area contributed by atoms with E-state index >= 15 is 0 Å². The molecule has 3 heteroatoms. The molecule has 1 aromatic rings. The summed E-state index contributed by atoms with van der Waals surface area (Å²) in [6, 6.07) is 6.86. The monoisotopic (exact) mass is 204 g/mol. The van der Waals surface area contributed by atoms with Gasteiger partial charge in [-0.3, -0.25) is 0 Å². The van der Waals surface area contributed by atoms with Crippen molar-refractivity contribution in [2.75, 3.05) is 0 Å². The number of phenols is 1. The molecule has 0 aliphatic carbocycles. The van der Waals surface area contributed by atoms with Gasteiger partial charge in [-0.2, -0.15) is 0 Å². The maximum absolute atomic E-state index is 10.3. The van der Waals surface area contributed by atoms with E-state index in [4.69, 9.17) is 5.11 Å². The first-order valence-corrected chi connectivity index (χ1v) is 4.47. The van der Waals surface area contributed by atoms with Crippen LogP contribution in [0.2, 0.25) is 0 Å². The summed E-state index contributed by atoms with van der Waals surface area (Å²) in [7, 11) is 0. The van der Waals surface area contributed by atoms with Gasteiger partial charge in [0.25, 0.3) is 0 Å². The molecule has 15 heavy (non-hydrogen) atoms. The predicted octanol–water partition coefficient (Wildman–Crippen LogP) is 2.44. The fourth-order valence-corrected chi connectivity index (χ4v) is 1.09. The zero-order chi connectivity index (χ0) is 11.3. The van der Waals surface area contributed by atoms with Crippen LogP contribution in [0.1, 0.15) is 12.5 Å². The zero-order valence-electron chi connectivity index (χ0n) is 8.34. The molecule has 0 amide bonds. The van der Waals surface area contributed by atoms with Gasteiger partial charge in [0.1, 0.15) is 5.75 Å². The molecule has 78 valence electrons. The zero-order valence-corrected chi connectivity index (χ0v) is 8.34. The van der Waals surface area contributed by atoms with E-state index in [-0.39, 0.29) is 5.75 Å². The second-order valence-corrected chi connectivity index (χ2v) is 3.12. The quantitative estimate of drug-likeness (QED) is 0.587. The maximum Gasteiger partial charge on any atom is 0.328 e. The smallest absolute Gasteiger partial charge is 0.328 e. The van der Waals surface area contributed by atoms with Crippen molar-refractivity contribution in [1.29, 1.82) is 0 Å². The van der Waals surface area contributed by atoms with Crippen molar-refractivity contribution in [3.63, 3.8) is 0 Å². The van der Waals surface area contributed by atoms with E-state index in [9.17, 15) is 9.90 Å². The van der Waals surface area contributed by atoms with Crippen LogP contribution in [0.25, 0.3) is 6.08 Å². The van der Waals surface area contributed by atoms with Crippen molar-refractivity contribution < 1.29 is 15.0 Å². The summed E-state index contributed by atoms with van der Waals surface area (Å²) in [5.74, 6) is -0.800. The van der Waals surface area contributed by atoms with Gasteiger partial charge in [0, 0.05) is 11.6 Å². The molecule has 0 unspecified atom stereocenters. The number of aliphatic carboxylic acids is 1. The SMILES string of the molecule is CC(=C/C(=O)O)/C=C/c1ccccc1O. The average Bonchev–Trinajstić information content (AvgIpc) is 2.15. The molecule has 0 spiro atoms. The first-order valence-electron chi connectivity index (χ1n) is 4.47. The Hall–Kier alpha value is -2.03. The third kappa shape index (κ3) is 3.68. The molecule has 0 aromatic heterocycles. The number of carboxylic acids is 1. The van der Waals surface area contributed by atoms with Gasteiger partial charge >= 0.3 is 5.97 Å². The van der Waals surface area contributed by atoms with E-state index in [1.54, 1.807) is 43.3 Å². The molecule has 0 saturated carbocycles. The summed E-state index contributed by atoms with van der Waals surface area (Å²) in [6.07, 6.45) is 4.42. The average molecular weight is 204 g/mol. The number of para-hydroxylation sites is 1. The fourth-order valence-electron chi connectivity index (χ4n) is 1.09. The number of allylic oxidation sites excluding steroid dienone is 2.